The van der Waals surface area contributed by atoms with Crippen LogP contribution < -0.4 is 21.6 Å². The summed E-state index contributed by atoms with van der Waals surface area (Å²) < 4.78 is 1.47. The first kappa shape index (κ1) is 17.5. The minimum atomic E-state index is -0.624. The van der Waals surface area contributed by atoms with Crippen molar-refractivity contribution in [2.24, 2.45) is 0 Å². The molecule has 0 spiro atoms. The molecule has 0 saturated carbocycles. The molecule has 0 radical (unpaired) electrons. The van der Waals surface area contributed by atoms with Gasteiger partial charge in [-0.1, -0.05) is 51.5 Å². The highest BCUT2D eigenvalue weighted by atomic mass is 16.1. The van der Waals surface area contributed by atoms with Crippen molar-refractivity contribution in [2.45, 2.75) is 58.8 Å². The second-order valence-corrected chi connectivity index (χ2v) is 7.11. The van der Waals surface area contributed by atoms with Crippen LogP contribution in [0.25, 0.3) is 0 Å². The standard InChI is InChI=1S/C19H27N5O/c1-5-6-16-11-17(25)24-18(21-16)22-19(4,23-24)20-12-14-7-9-15(10-8-14)13(2)3/h7-11,13,20,23H,5-6,12H2,1-4H3,(H,21,22). The number of hydrogen-bond acceptors (Lipinski definition) is 5. The Bertz CT molecular complexity index is 796. The quantitative estimate of drug-likeness (QED) is 0.754. The fourth-order valence-electron chi connectivity index (χ4n) is 2.96. The first-order valence-electron chi connectivity index (χ1n) is 8.93. The van der Waals surface area contributed by atoms with Crippen LogP contribution in [-0.4, -0.2) is 15.4 Å². The maximum absolute atomic E-state index is 12.3. The number of aromatic nitrogens is 2. The smallest absolute Gasteiger partial charge is 0.273 e. The molecule has 0 fully saturated rings. The highest BCUT2D eigenvalue weighted by molar-refractivity contribution is 5.39. The molecule has 2 aromatic rings. The fraction of sp³-hybridized carbons (Fsp3) is 0.474. The molecule has 2 heterocycles. The number of rotatable bonds is 6. The molecule has 1 aromatic carbocycles. The predicted octanol–water partition coefficient (Wildman–Crippen LogP) is 2.75. The maximum Gasteiger partial charge on any atom is 0.273 e. The third kappa shape index (κ3) is 3.85. The summed E-state index contributed by atoms with van der Waals surface area (Å²) in [5, 5.41) is 6.71. The molecule has 25 heavy (non-hydrogen) atoms. The van der Waals surface area contributed by atoms with Crippen molar-refractivity contribution in [3.8, 4) is 0 Å². The van der Waals surface area contributed by atoms with Crippen molar-refractivity contribution in [2.75, 3.05) is 10.7 Å². The maximum atomic E-state index is 12.3. The summed E-state index contributed by atoms with van der Waals surface area (Å²) in [4.78, 5) is 16.8. The van der Waals surface area contributed by atoms with E-state index in [2.05, 4.69) is 66.1 Å². The zero-order valence-electron chi connectivity index (χ0n) is 15.4. The van der Waals surface area contributed by atoms with Gasteiger partial charge in [0.05, 0.1) is 0 Å². The molecule has 1 unspecified atom stereocenters. The Hall–Kier alpha value is -2.34. The molecule has 0 bridgehead atoms. The van der Waals surface area contributed by atoms with Crippen molar-refractivity contribution in [3.63, 3.8) is 0 Å². The van der Waals surface area contributed by atoms with Gasteiger partial charge in [-0.15, -0.1) is 0 Å². The van der Waals surface area contributed by atoms with Crippen LogP contribution in [0.15, 0.2) is 35.1 Å². The lowest BCUT2D eigenvalue weighted by molar-refractivity contribution is 0.439. The van der Waals surface area contributed by atoms with Crippen molar-refractivity contribution in [1.29, 1.82) is 0 Å². The van der Waals surface area contributed by atoms with Crippen molar-refractivity contribution in [1.82, 2.24) is 15.0 Å². The third-order valence-electron chi connectivity index (χ3n) is 4.47. The molecular formula is C19H27N5O. The van der Waals surface area contributed by atoms with Gasteiger partial charge in [-0.3, -0.25) is 15.5 Å². The number of anilines is 1. The van der Waals surface area contributed by atoms with Gasteiger partial charge < -0.3 is 5.32 Å². The highest BCUT2D eigenvalue weighted by Crippen LogP contribution is 2.18. The van der Waals surface area contributed by atoms with Crippen molar-refractivity contribution in [3.05, 3.63) is 57.5 Å². The minimum absolute atomic E-state index is 0.0900. The summed E-state index contributed by atoms with van der Waals surface area (Å²) in [7, 11) is 0. The number of nitrogens with zero attached hydrogens (tertiary/aromatic N) is 2. The molecule has 0 amide bonds. The van der Waals surface area contributed by atoms with Crippen LogP contribution in [0.4, 0.5) is 5.95 Å². The average molecular weight is 341 g/mol. The van der Waals surface area contributed by atoms with Gasteiger partial charge in [-0.05, 0) is 30.4 Å². The molecule has 0 aliphatic carbocycles. The number of aryl methyl sites for hydroxylation is 1. The topological polar surface area (TPSA) is 71.0 Å². The number of hydrogen-bond donors (Lipinski definition) is 3. The van der Waals surface area contributed by atoms with Crippen LogP contribution in [0.5, 0.6) is 0 Å². The Morgan fingerprint density at radius 1 is 1.28 bits per heavy atom. The van der Waals surface area contributed by atoms with Gasteiger partial charge in [0.25, 0.3) is 5.56 Å². The van der Waals surface area contributed by atoms with E-state index in [4.69, 9.17) is 0 Å². The van der Waals surface area contributed by atoms with E-state index >= 15 is 0 Å². The molecule has 6 nitrogen and oxygen atoms in total. The van der Waals surface area contributed by atoms with Gasteiger partial charge in [-0.25, -0.2) is 4.98 Å². The number of fused-ring (bicyclic) bond motifs is 1. The van der Waals surface area contributed by atoms with Crippen molar-refractivity contribution >= 4 is 5.95 Å². The predicted molar refractivity (Wildman–Crippen MR) is 101 cm³/mol. The highest BCUT2D eigenvalue weighted by Gasteiger charge is 2.32. The van der Waals surface area contributed by atoms with Crippen LogP contribution >= 0.6 is 0 Å². The van der Waals surface area contributed by atoms with Crippen LogP contribution in [0.3, 0.4) is 0 Å². The van der Waals surface area contributed by atoms with E-state index < -0.39 is 5.79 Å². The summed E-state index contributed by atoms with van der Waals surface area (Å²) in [6.07, 6.45) is 1.77. The van der Waals surface area contributed by atoms with E-state index in [1.165, 1.54) is 15.8 Å². The Labute approximate surface area is 148 Å². The van der Waals surface area contributed by atoms with E-state index in [9.17, 15) is 4.79 Å². The molecule has 1 aromatic heterocycles. The fourth-order valence-corrected chi connectivity index (χ4v) is 2.96. The van der Waals surface area contributed by atoms with Gasteiger partial charge in [0, 0.05) is 18.3 Å². The molecule has 3 rings (SSSR count). The number of nitrogens with one attached hydrogen (secondary N) is 3. The molecule has 6 heteroatoms. The zero-order valence-corrected chi connectivity index (χ0v) is 15.4. The Morgan fingerprint density at radius 2 is 2.00 bits per heavy atom. The van der Waals surface area contributed by atoms with Crippen LogP contribution in [0.1, 0.15) is 56.9 Å². The van der Waals surface area contributed by atoms with E-state index in [0.717, 1.165) is 18.5 Å². The molecule has 1 aliphatic rings. The van der Waals surface area contributed by atoms with Gasteiger partial charge in [0.15, 0.2) is 5.79 Å². The largest absolute Gasteiger partial charge is 0.318 e. The summed E-state index contributed by atoms with van der Waals surface area (Å²) in [5.74, 6) is 0.462. The first-order chi connectivity index (χ1) is 11.9. The lowest BCUT2D eigenvalue weighted by Gasteiger charge is -2.26. The summed E-state index contributed by atoms with van der Waals surface area (Å²) in [6, 6.07) is 10.2. The Kier molecular flexibility index (Phi) is 4.81. The van der Waals surface area contributed by atoms with Gasteiger partial charge in [-0.2, -0.15) is 4.68 Å². The second kappa shape index (κ2) is 6.88. The number of benzene rings is 1. The van der Waals surface area contributed by atoms with E-state index in [1.807, 2.05) is 6.92 Å². The van der Waals surface area contributed by atoms with E-state index in [0.29, 0.717) is 18.4 Å². The van der Waals surface area contributed by atoms with Crippen molar-refractivity contribution < 1.29 is 0 Å². The minimum Gasteiger partial charge on any atom is -0.318 e. The van der Waals surface area contributed by atoms with Gasteiger partial charge >= 0.3 is 0 Å². The summed E-state index contributed by atoms with van der Waals surface area (Å²) in [6.45, 7) is 9.10. The third-order valence-corrected chi connectivity index (χ3v) is 4.47. The zero-order chi connectivity index (χ0) is 18.0. The van der Waals surface area contributed by atoms with Gasteiger partial charge in [0.1, 0.15) is 0 Å². The second-order valence-electron chi connectivity index (χ2n) is 7.11. The lowest BCUT2D eigenvalue weighted by Crippen LogP contribution is -2.54. The first-order valence-corrected chi connectivity index (χ1v) is 8.93. The molecule has 3 N–H and O–H groups in total. The summed E-state index contributed by atoms with van der Waals surface area (Å²) in [5.41, 5.74) is 6.42. The van der Waals surface area contributed by atoms with E-state index in [1.54, 1.807) is 6.07 Å². The van der Waals surface area contributed by atoms with Crippen LogP contribution in [0.2, 0.25) is 0 Å². The Balaban J connectivity index is 1.69. The molecular weight excluding hydrogens is 314 g/mol. The van der Waals surface area contributed by atoms with Crippen LogP contribution in [-0.2, 0) is 13.0 Å². The lowest BCUT2D eigenvalue weighted by atomic mass is 10.0. The Morgan fingerprint density at radius 3 is 2.64 bits per heavy atom. The molecule has 1 atom stereocenters. The normalized spacial score (nSPS) is 18.8. The molecule has 0 saturated heterocycles. The molecule has 1 aliphatic heterocycles. The van der Waals surface area contributed by atoms with E-state index in [-0.39, 0.29) is 5.56 Å². The summed E-state index contributed by atoms with van der Waals surface area (Å²) >= 11 is 0. The monoisotopic (exact) mass is 341 g/mol. The van der Waals surface area contributed by atoms with Gasteiger partial charge in [0.2, 0.25) is 5.95 Å². The SMILES string of the molecule is CCCc1cc(=O)n2c(n1)NC(C)(NCc1ccc(C(C)C)cc1)N2. The molecule has 134 valence electrons. The average Bonchev–Trinajstić information content (AvgIpc) is 2.91. The van der Waals surface area contributed by atoms with Crippen LogP contribution in [0, 0.1) is 0 Å².